The van der Waals surface area contributed by atoms with Crippen LogP contribution in [-0.2, 0) is 11.3 Å². The highest BCUT2D eigenvalue weighted by atomic mass is 32.1. The van der Waals surface area contributed by atoms with Gasteiger partial charge in [0.2, 0.25) is 5.91 Å². The van der Waals surface area contributed by atoms with Crippen LogP contribution in [0.5, 0.6) is 0 Å². The van der Waals surface area contributed by atoms with Crippen LogP contribution in [0.4, 0.5) is 14.5 Å². The van der Waals surface area contributed by atoms with Crippen molar-refractivity contribution in [1.29, 1.82) is 0 Å². The number of anilines is 1. The van der Waals surface area contributed by atoms with Gasteiger partial charge in [-0.05, 0) is 31.4 Å². The average Bonchev–Trinajstić information content (AvgIpc) is 3.18. The Labute approximate surface area is 147 Å². The zero-order valence-electron chi connectivity index (χ0n) is 13.8. The second-order valence-corrected chi connectivity index (χ2v) is 7.05. The monoisotopic (exact) mass is 367 g/mol. The molecule has 0 radical (unpaired) electrons. The van der Waals surface area contributed by atoms with Crippen LogP contribution in [0.2, 0.25) is 0 Å². The SMILES string of the molecule is Cc1csc(=O)n1CC(=O)NCC1CCN(c2ccc(F)c(F)c2)C1. The lowest BCUT2D eigenvalue weighted by molar-refractivity contribution is -0.121. The van der Waals surface area contributed by atoms with Crippen molar-refractivity contribution in [2.75, 3.05) is 24.5 Å². The number of hydrogen-bond donors (Lipinski definition) is 1. The summed E-state index contributed by atoms with van der Waals surface area (Å²) in [5.74, 6) is -1.68. The molecule has 0 spiro atoms. The van der Waals surface area contributed by atoms with E-state index in [4.69, 9.17) is 0 Å². The van der Waals surface area contributed by atoms with E-state index in [1.807, 2.05) is 4.90 Å². The first-order valence-electron chi connectivity index (χ1n) is 8.05. The van der Waals surface area contributed by atoms with E-state index in [0.717, 1.165) is 36.1 Å². The van der Waals surface area contributed by atoms with Gasteiger partial charge in [0.1, 0.15) is 6.54 Å². The van der Waals surface area contributed by atoms with E-state index in [1.165, 1.54) is 10.6 Å². The Morgan fingerprint density at radius 3 is 2.84 bits per heavy atom. The second kappa shape index (κ2) is 7.35. The van der Waals surface area contributed by atoms with Crippen molar-refractivity contribution in [3.05, 3.63) is 50.6 Å². The predicted molar refractivity (Wildman–Crippen MR) is 93.0 cm³/mol. The van der Waals surface area contributed by atoms with E-state index >= 15 is 0 Å². The molecule has 3 rings (SSSR count). The third-order valence-electron chi connectivity index (χ3n) is 4.42. The Balaban J connectivity index is 1.50. The molecule has 1 N–H and O–H groups in total. The van der Waals surface area contributed by atoms with E-state index in [1.54, 1.807) is 18.4 Å². The molecule has 1 atom stereocenters. The largest absolute Gasteiger partial charge is 0.371 e. The maximum atomic E-state index is 13.3. The molecule has 5 nitrogen and oxygen atoms in total. The van der Waals surface area contributed by atoms with Crippen molar-refractivity contribution in [3.63, 3.8) is 0 Å². The van der Waals surface area contributed by atoms with Gasteiger partial charge in [-0.1, -0.05) is 11.3 Å². The summed E-state index contributed by atoms with van der Waals surface area (Å²) >= 11 is 1.08. The molecule has 1 aliphatic heterocycles. The average molecular weight is 367 g/mol. The summed E-state index contributed by atoms with van der Waals surface area (Å²) in [4.78, 5) is 25.5. The van der Waals surface area contributed by atoms with Crippen molar-refractivity contribution >= 4 is 22.9 Å². The number of hydrogen-bond acceptors (Lipinski definition) is 4. The maximum absolute atomic E-state index is 13.3. The van der Waals surface area contributed by atoms with Gasteiger partial charge in [-0.15, -0.1) is 0 Å². The summed E-state index contributed by atoms with van der Waals surface area (Å²) in [5, 5.41) is 4.58. The molecule has 1 amide bonds. The molecule has 1 aromatic carbocycles. The molecule has 8 heteroatoms. The summed E-state index contributed by atoms with van der Waals surface area (Å²) in [7, 11) is 0. The Kier molecular flexibility index (Phi) is 5.17. The van der Waals surface area contributed by atoms with Crippen LogP contribution in [0.25, 0.3) is 0 Å². The summed E-state index contributed by atoms with van der Waals surface area (Å²) in [6.45, 7) is 3.71. The van der Waals surface area contributed by atoms with E-state index in [2.05, 4.69) is 5.32 Å². The van der Waals surface area contributed by atoms with Gasteiger partial charge in [-0.2, -0.15) is 0 Å². The number of amides is 1. The molecule has 1 unspecified atom stereocenters. The minimum atomic E-state index is -0.856. The van der Waals surface area contributed by atoms with Crippen LogP contribution in [0, 0.1) is 24.5 Å². The van der Waals surface area contributed by atoms with Crippen molar-refractivity contribution < 1.29 is 13.6 Å². The first kappa shape index (κ1) is 17.6. The maximum Gasteiger partial charge on any atom is 0.307 e. The highest BCUT2D eigenvalue weighted by molar-refractivity contribution is 7.07. The van der Waals surface area contributed by atoms with E-state index in [0.29, 0.717) is 18.8 Å². The molecule has 0 bridgehead atoms. The van der Waals surface area contributed by atoms with Crippen LogP contribution < -0.4 is 15.1 Å². The number of nitrogens with zero attached hydrogens (tertiary/aromatic N) is 2. The van der Waals surface area contributed by atoms with Gasteiger partial charge in [0, 0.05) is 42.5 Å². The summed E-state index contributed by atoms with van der Waals surface area (Å²) in [6.07, 6.45) is 0.858. The zero-order valence-corrected chi connectivity index (χ0v) is 14.6. The first-order chi connectivity index (χ1) is 11.9. The number of aryl methyl sites for hydroxylation is 1. The second-order valence-electron chi connectivity index (χ2n) is 6.23. The van der Waals surface area contributed by atoms with Crippen molar-refractivity contribution in [2.24, 2.45) is 5.92 Å². The standard InChI is InChI=1S/C17H19F2N3O2S/c1-11-10-25-17(24)22(11)9-16(23)20-7-12-4-5-21(8-12)13-2-3-14(18)15(19)6-13/h2-3,6,10,12H,4-5,7-9H2,1H3,(H,20,23). The molecule has 25 heavy (non-hydrogen) atoms. The number of rotatable bonds is 5. The molecule has 134 valence electrons. The van der Waals surface area contributed by atoms with Crippen molar-refractivity contribution in [2.45, 2.75) is 19.9 Å². The van der Waals surface area contributed by atoms with Crippen LogP contribution in [-0.4, -0.2) is 30.1 Å². The molecule has 0 saturated carbocycles. The topological polar surface area (TPSA) is 54.3 Å². The Bertz CT molecular complexity index is 834. The summed E-state index contributed by atoms with van der Waals surface area (Å²) in [5.41, 5.74) is 1.42. The fourth-order valence-electron chi connectivity index (χ4n) is 2.97. The van der Waals surface area contributed by atoms with Gasteiger partial charge in [-0.3, -0.25) is 14.2 Å². The molecule has 0 aliphatic carbocycles. The normalized spacial score (nSPS) is 17.1. The van der Waals surface area contributed by atoms with Gasteiger partial charge in [0.05, 0.1) is 0 Å². The minimum absolute atomic E-state index is 0.0216. The third-order valence-corrected chi connectivity index (χ3v) is 5.30. The van der Waals surface area contributed by atoms with Crippen molar-refractivity contribution in [3.8, 4) is 0 Å². The number of aromatic nitrogens is 1. The van der Waals surface area contributed by atoms with Crippen LogP contribution in [0.1, 0.15) is 12.1 Å². The first-order valence-corrected chi connectivity index (χ1v) is 8.93. The van der Waals surface area contributed by atoms with Crippen LogP contribution in [0.3, 0.4) is 0 Å². The fraction of sp³-hybridized carbons (Fsp3) is 0.412. The molecule has 2 aromatic rings. The Hall–Kier alpha value is -2.22. The molecule has 1 saturated heterocycles. The van der Waals surface area contributed by atoms with Gasteiger partial charge in [0.25, 0.3) is 0 Å². The molecule has 2 heterocycles. The van der Waals surface area contributed by atoms with E-state index in [9.17, 15) is 18.4 Å². The lowest BCUT2D eigenvalue weighted by Crippen LogP contribution is -2.35. The van der Waals surface area contributed by atoms with Crippen LogP contribution in [0.15, 0.2) is 28.4 Å². The number of benzene rings is 1. The Morgan fingerprint density at radius 2 is 2.16 bits per heavy atom. The van der Waals surface area contributed by atoms with Gasteiger partial charge < -0.3 is 10.2 Å². The minimum Gasteiger partial charge on any atom is -0.371 e. The molecular formula is C17H19F2N3O2S. The zero-order chi connectivity index (χ0) is 18.0. The Morgan fingerprint density at radius 1 is 1.36 bits per heavy atom. The quantitative estimate of drug-likeness (QED) is 0.881. The van der Waals surface area contributed by atoms with E-state index in [-0.39, 0.29) is 23.2 Å². The molecular weight excluding hydrogens is 348 g/mol. The highest BCUT2D eigenvalue weighted by Gasteiger charge is 2.24. The van der Waals surface area contributed by atoms with Gasteiger partial charge in [0.15, 0.2) is 11.6 Å². The smallest absolute Gasteiger partial charge is 0.307 e. The number of halogens is 2. The van der Waals surface area contributed by atoms with Crippen LogP contribution >= 0.6 is 11.3 Å². The van der Waals surface area contributed by atoms with Gasteiger partial charge >= 0.3 is 4.87 Å². The highest BCUT2D eigenvalue weighted by Crippen LogP contribution is 2.24. The van der Waals surface area contributed by atoms with Crippen molar-refractivity contribution in [1.82, 2.24) is 9.88 Å². The van der Waals surface area contributed by atoms with Gasteiger partial charge in [-0.25, -0.2) is 8.78 Å². The summed E-state index contributed by atoms with van der Waals surface area (Å²) in [6, 6.07) is 3.88. The third kappa shape index (κ3) is 4.07. The number of carbonyl (C=O) groups is 1. The molecule has 1 aliphatic rings. The fourth-order valence-corrected chi connectivity index (χ4v) is 3.70. The molecule has 1 aromatic heterocycles. The lowest BCUT2D eigenvalue weighted by atomic mass is 10.1. The number of thiazole rings is 1. The number of carbonyl (C=O) groups excluding carboxylic acids is 1. The van der Waals surface area contributed by atoms with E-state index < -0.39 is 11.6 Å². The predicted octanol–water partition coefficient (Wildman–Crippen LogP) is 2.14. The summed E-state index contributed by atoms with van der Waals surface area (Å²) < 4.78 is 27.8. The number of nitrogens with one attached hydrogen (secondary N) is 1. The molecule has 1 fully saturated rings. The lowest BCUT2D eigenvalue weighted by Gasteiger charge is -2.19.